The highest BCUT2D eigenvalue weighted by Crippen LogP contribution is 2.30. The van der Waals surface area contributed by atoms with E-state index in [1.807, 2.05) is 12.5 Å². The van der Waals surface area contributed by atoms with E-state index in [-0.39, 0.29) is 0 Å². The molecular weight excluding hydrogens is 246 g/mol. The van der Waals surface area contributed by atoms with Crippen molar-refractivity contribution in [3.63, 3.8) is 0 Å². The topological polar surface area (TPSA) is 29.9 Å². The maximum atomic E-state index is 4.18. The molecule has 0 radical (unpaired) electrons. The molecule has 1 saturated carbocycles. The van der Waals surface area contributed by atoms with Gasteiger partial charge in [0.1, 0.15) is 0 Å². The Labute approximate surface area is 121 Å². The minimum Gasteiger partial charge on any atom is -0.333 e. The fourth-order valence-corrected chi connectivity index (χ4v) is 3.23. The van der Waals surface area contributed by atoms with Crippen molar-refractivity contribution in [1.29, 1.82) is 0 Å². The van der Waals surface area contributed by atoms with Crippen LogP contribution in [0.4, 0.5) is 0 Å². The van der Waals surface area contributed by atoms with Gasteiger partial charge in [-0.2, -0.15) is 0 Å². The molecule has 0 saturated heterocycles. The first-order valence-corrected chi connectivity index (χ1v) is 7.60. The van der Waals surface area contributed by atoms with Crippen molar-refractivity contribution in [2.75, 3.05) is 6.54 Å². The van der Waals surface area contributed by atoms with E-state index in [1.54, 1.807) is 0 Å². The summed E-state index contributed by atoms with van der Waals surface area (Å²) in [6, 6.07) is 11.9. The lowest BCUT2D eigenvalue weighted by Gasteiger charge is -2.24. The molecule has 1 aliphatic rings. The van der Waals surface area contributed by atoms with E-state index in [2.05, 4.69) is 58.3 Å². The maximum Gasteiger partial charge on any atom is 0.0949 e. The molecule has 1 heterocycles. The van der Waals surface area contributed by atoms with Crippen molar-refractivity contribution in [2.24, 2.45) is 0 Å². The highest BCUT2D eigenvalue weighted by atomic mass is 15.1. The Morgan fingerprint density at radius 2 is 2.15 bits per heavy atom. The zero-order valence-corrected chi connectivity index (χ0v) is 12.1. The zero-order valence-electron chi connectivity index (χ0n) is 12.1. The van der Waals surface area contributed by atoms with Crippen LogP contribution in [-0.2, 0) is 0 Å². The van der Waals surface area contributed by atoms with Gasteiger partial charge in [0.05, 0.1) is 6.33 Å². The van der Waals surface area contributed by atoms with Crippen molar-refractivity contribution in [3.8, 4) is 0 Å². The van der Waals surface area contributed by atoms with Crippen LogP contribution in [0.15, 0.2) is 49.1 Å². The average Bonchev–Trinajstić information content (AvgIpc) is 3.16. The van der Waals surface area contributed by atoms with Crippen molar-refractivity contribution in [3.05, 3.63) is 54.6 Å². The van der Waals surface area contributed by atoms with E-state index < -0.39 is 0 Å². The summed E-state index contributed by atoms with van der Waals surface area (Å²) in [5.74, 6) is 0.556. The standard InChI is InChI=1S/C17H23N3/c1-14(15-6-3-2-4-7-15)12-19-16-8-5-9-17(16)20-11-10-18-13-20/h2-4,6-7,10-11,13-14,16-17,19H,5,8-9,12H2,1H3. The smallest absolute Gasteiger partial charge is 0.0949 e. The quantitative estimate of drug-likeness (QED) is 0.902. The number of aromatic nitrogens is 2. The molecule has 1 N–H and O–H groups in total. The summed E-state index contributed by atoms with van der Waals surface area (Å²) in [4.78, 5) is 4.18. The Morgan fingerprint density at radius 1 is 1.30 bits per heavy atom. The largest absolute Gasteiger partial charge is 0.333 e. The van der Waals surface area contributed by atoms with Crippen molar-refractivity contribution < 1.29 is 0 Å². The van der Waals surface area contributed by atoms with Gasteiger partial charge in [0.2, 0.25) is 0 Å². The molecular formula is C17H23N3. The Hall–Kier alpha value is -1.61. The zero-order chi connectivity index (χ0) is 13.8. The molecule has 0 bridgehead atoms. The van der Waals surface area contributed by atoms with E-state index >= 15 is 0 Å². The second kappa shape index (κ2) is 6.23. The molecule has 2 aromatic rings. The van der Waals surface area contributed by atoms with E-state index in [0.717, 1.165) is 6.54 Å². The van der Waals surface area contributed by atoms with Gasteiger partial charge in [-0.05, 0) is 30.7 Å². The Kier molecular flexibility index (Phi) is 4.16. The number of benzene rings is 1. The second-order valence-electron chi connectivity index (χ2n) is 5.83. The SMILES string of the molecule is CC(CNC1CCCC1n1ccnc1)c1ccccc1. The summed E-state index contributed by atoms with van der Waals surface area (Å²) in [5.41, 5.74) is 1.41. The van der Waals surface area contributed by atoms with Crippen LogP contribution in [0.3, 0.4) is 0 Å². The fourth-order valence-electron chi connectivity index (χ4n) is 3.23. The Bertz CT molecular complexity index is 506. The van der Waals surface area contributed by atoms with Gasteiger partial charge in [-0.15, -0.1) is 0 Å². The summed E-state index contributed by atoms with van der Waals surface area (Å²) in [6.07, 6.45) is 9.75. The van der Waals surface area contributed by atoms with Crippen molar-refractivity contribution in [2.45, 2.75) is 44.2 Å². The van der Waals surface area contributed by atoms with Crippen LogP contribution in [0.1, 0.15) is 43.7 Å². The average molecular weight is 269 g/mol. The predicted octanol–water partition coefficient (Wildman–Crippen LogP) is 3.37. The van der Waals surface area contributed by atoms with Gasteiger partial charge in [-0.25, -0.2) is 4.98 Å². The minimum absolute atomic E-state index is 0.556. The molecule has 3 unspecified atom stereocenters. The molecule has 1 fully saturated rings. The first-order valence-electron chi connectivity index (χ1n) is 7.60. The molecule has 0 amide bonds. The third-order valence-electron chi connectivity index (χ3n) is 4.44. The van der Waals surface area contributed by atoms with E-state index in [0.29, 0.717) is 18.0 Å². The van der Waals surface area contributed by atoms with Crippen LogP contribution in [0.2, 0.25) is 0 Å². The molecule has 0 aliphatic heterocycles. The molecule has 106 valence electrons. The third-order valence-corrected chi connectivity index (χ3v) is 4.44. The van der Waals surface area contributed by atoms with E-state index in [1.165, 1.54) is 24.8 Å². The lowest BCUT2D eigenvalue weighted by molar-refractivity contribution is 0.385. The molecule has 0 spiro atoms. The van der Waals surface area contributed by atoms with Gasteiger partial charge in [0, 0.05) is 31.0 Å². The summed E-state index contributed by atoms with van der Waals surface area (Å²) in [6.45, 7) is 3.34. The summed E-state index contributed by atoms with van der Waals surface area (Å²) < 4.78 is 2.26. The second-order valence-corrected chi connectivity index (χ2v) is 5.83. The molecule has 3 nitrogen and oxygen atoms in total. The molecule has 1 aromatic carbocycles. The first-order chi connectivity index (χ1) is 9.84. The molecule has 1 aliphatic carbocycles. The van der Waals surface area contributed by atoms with Gasteiger partial charge in [-0.3, -0.25) is 0 Å². The van der Waals surface area contributed by atoms with Gasteiger partial charge in [-0.1, -0.05) is 37.3 Å². The minimum atomic E-state index is 0.556. The fraction of sp³-hybridized carbons (Fsp3) is 0.471. The lowest BCUT2D eigenvalue weighted by Crippen LogP contribution is -2.35. The van der Waals surface area contributed by atoms with Crippen LogP contribution in [0.5, 0.6) is 0 Å². The summed E-state index contributed by atoms with van der Waals surface area (Å²) in [5, 5.41) is 3.77. The summed E-state index contributed by atoms with van der Waals surface area (Å²) in [7, 11) is 0. The predicted molar refractivity (Wildman–Crippen MR) is 81.8 cm³/mol. The maximum absolute atomic E-state index is 4.18. The number of imidazole rings is 1. The van der Waals surface area contributed by atoms with Crippen LogP contribution >= 0.6 is 0 Å². The number of hydrogen-bond donors (Lipinski definition) is 1. The highest BCUT2D eigenvalue weighted by molar-refractivity contribution is 5.19. The van der Waals surface area contributed by atoms with Crippen molar-refractivity contribution >= 4 is 0 Å². The van der Waals surface area contributed by atoms with Crippen LogP contribution < -0.4 is 5.32 Å². The Balaban J connectivity index is 1.58. The molecule has 20 heavy (non-hydrogen) atoms. The lowest BCUT2D eigenvalue weighted by atomic mass is 10.0. The summed E-state index contributed by atoms with van der Waals surface area (Å²) >= 11 is 0. The number of nitrogens with zero attached hydrogens (tertiary/aromatic N) is 2. The number of nitrogens with one attached hydrogen (secondary N) is 1. The van der Waals surface area contributed by atoms with E-state index in [4.69, 9.17) is 0 Å². The van der Waals surface area contributed by atoms with E-state index in [9.17, 15) is 0 Å². The molecule has 3 rings (SSSR count). The van der Waals surface area contributed by atoms with Crippen LogP contribution in [-0.4, -0.2) is 22.1 Å². The Morgan fingerprint density at radius 3 is 2.90 bits per heavy atom. The normalized spacial score (nSPS) is 23.9. The highest BCUT2D eigenvalue weighted by Gasteiger charge is 2.28. The molecule has 1 aromatic heterocycles. The first kappa shape index (κ1) is 13.4. The molecule has 3 heteroatoms. The van der Waals surface area contributed by atoms with Gasteiger partial charge < -0.3 is 9.88 Å². The van der Waals surface area contributed by atoms with Gasteiger partial charge in [0.25, 0.3) is 0 Å². The molecule has 3 atom stereocenters. The van der Waals surface area contributed by atoms with Gasteiger partial charge >= 0.3 is 0 Å². The third kappa shape index (κ3) is 2.93. The number of rotatable bonds is 5. The van der Waals surface area contributed by atoms with Gasteiger partial charge in [0.15, 0.2) is 0 Å². The van der Waals surface area contributed by atoms with Crippen molar-refractivity contribution in [1.82, 2.24) is 14.9 Å². The number of hydrogen-bond acceptors (Lipinski definition) is 2. The van der Waals surface area contributed by atoms with Crippen LogP contribution in [0, 0.1) is 0 Å². The van der Waals surface area contributed by atoms with Crippen LogP contribution in [0.25, 0.3) is 0 Å². The monoisotopic (exact) mass is 269 g/mol.